The van der Waals surface area contributed by atoms with Gasteiger partial charge in [0.15, 0.2) is 0 Å². The van der Waals surface area contributed by atoms with E-state index < -0.39 is 0 Å². The van der Waals surface area contributed by atoms with Gasteiger partial charge >= 0.3 is 6.03 Å². The third-order valence-corrected chi connectivity index (χ3v) is 6.33. The van der Waals surface area contributed by atoms with Gasteiger partial charge in [-0.1, -0.05) is 0 Å². The maximum absolute atomic E-state index is 13.4. The maximum Gasteiger partial charge on any atom is 0.324 e. The Morgan fingerprint density at radius 3 is 2.59 bits per heavy atom. The Bertz CT molecular complexity index is 1140. The second-order valence-corrected chi connectivity index (χ2v) is 8.24. The molecule has 5 rings (SSSR count). The Morgan fingerprint density at radius 2 is 1.91 bits per heavy atom. The molecule has 166 valence electrons. The molecule has 1 saturated heterocycles. The molecule has 3 aromatic rings. The summed E-state index contributed by atoms with van der Waals surface area (Å²) >= 11 is 0. The van der Waals surface area contributed by atoms with Crippen molar-refractivity contribution in [3.63, 3.8) is 0 Å². The minimum absolute atomic E-state index is 0.0197. The van der Waals surface area contributed by atoms with E-state index in [-0.39, 0.29) is 12.1 Å². The number of urea groups is 1. The van der Waals surface area contributed by atoms with Crippen LogP contribution in [0.4, 0.5) is 10.5 Å². The van der Waals surface area contributed by atoms with E-state index in [1.165, 1.54) is 0 Å². The molecule has 0 aliphatic carbocycles. The highest BCUT2D eigenvalue weighted by atomic mass is 16.5. The number of ether oxygens (including phenoxy) is 1. The summed E-state index contributed by atoms with van der Waals surface area (Å²) in [6.07, 6.45) is 5.42. The zero-order chi connectivity index (χ0) is 22.2. The van der Waals surface area contributed by atoms with Gasteiger partial charge in [0.25, 0.3) is 0 Å². The summed E-state index contributed by atoms with van der Waals surface area (Å²) in [5.74, 6) is 0.557. The lowest BCUT2D eigenvalue weighted by molar-refractivity contribution is 0.152. The van der Waals surface area contributed by atoms with Crippen LogP contribution in [0.15, 0.2) is 36.7 Å². The summed E-state index contributed by atoms with van der Waals surface area (Å²) in [4.78, 5) is 31.0. The van der Waals surface area contributed by atoms with Gasteiger partial charge in [-0.15, -0.1) is 0 Å². The molecule has 1 fully saturated rings. The molecule has 9 heteroatoms. The van der Waals surface area contributed by atoms with Crippen LogP contribution in [0.5, 0.6) is 5.88 Å². The first-order chi connectivity index (χ1) is 15.6. The number of methoxy groups -OCH3 is 1. The van der Waals surface area contributed by atoms with Gasteiger partial charge in [-0.05, 0) is 38.1 Å². The molecule has 2 amide bonds. The first-order valence-corrected chi connectivity index (χ1v) is 10.8. The molecule has 0 saturated carbocycles. The monoisotopic (exact) mass is 433 g/mol. The number of nitrogens with one attached hydrogen (secondary N) is 1. The van der Waals surface area contributed by atoms with Crippen molar-refractivity contribution in [3.8, 4) is 17.1 Å². The molecule has 0 spiro atoms. The lowest BCUT2D eigenvalue weighted by Crippen LogP contribution is -2.55. The number of hydrogen-bond acceptors (Lipinski definition) is 7. The van der Waals surface area contributed by atoms with Crippen LogP contribution in [0.3, 0.4) is 0 Å². The highest BCUT2D eigenvalue weighted by Gasteiger charge is 2.37. The first-order valence-electron chi connectivity index (χ1n) is 10.8. The van der Waals surface area contributed by atoms with E-state index in [2.05, 4.69) is 20.4 Å². The molecule has 32 heavy (non-hydrogen) atoms. The Morgan fingerprint density at radius 1 is 1.09 bits per heavy atom. The number of piperidine rings is 1. The number of anilines is 1. The summed E-state index contributed by atoms with van der Waals surface area (Å²) in [5.41, 5.74) is 8.34. The minimum atomic E-state index is 0.0197. The Balaban J connectivity index is 1.61. The number of hydrogen-bond donors (Lipinski definition) is 1. The van der Waals surface area contributed by atoms with Crippen molar-refractivity contribution in [3.05, 3.63) is 42.2 Å². The lowest BCUT2D eigenvalue weighted by Gasteiger charge is -2.43. The second kappa shape index (κ2) is 8.33. The fourth-order valence-electron chi connectivity index (χ4n) is 4.58. The van der Waals surface area contributed by atoms with Crippen LogP contribution in [0.1, 0.15) is 18.4 Å². The lowest BCUT2D eigenvalue weighted by atomic mass is 10.00. The summed E-state index contributed by atoms with van der Waals surface area (Å²) in [5, 5.41) is 2.19. The van der Waals surface area contributed by atoms with Gasteiger partial charge in [0.1, 0.15) is 5.52 Å². The molecule has 1 N–H and O–H groups in total. The number of amides is 2. The molecular weight excluding hydrogens is 406 g/mol. The summed E-state index contributed by atoms with van der Waals surface area (Å²) in [7, 11) is 5.38. The van der Waals surface area contributed by atoms with Gasteiger partial charge < -0.3 is 9.64 Å². The molecule has 5 heterocycles. The van der Waals surface area contributed by atoms with Crippen LogP contribution in [-0.4, -0.2) is 71.2 Å². The van der Waals surface area contributed by atoms with Crippen LogP contribution < -0.4 is 15.1 Å². The number of pyridine rings is 3. The Labute approximate surface area is 187 Å². The van der Waals surface area contributed by atoms with Crippen LogP contribution >= 0.6 is 0 Å². The zero-order valence-corrected chi connectivity index (χ0v) is 18.6. The van der Waals surface area contributed by atoms with Crippen molar-refractivity contribution in [2.75, 3.05) is 39.2 Å². The van der Waals surface area contributed by atoms with Crippen molar-refractivity contribution in [2.45, 2.75) is 25.4 Å². The predicted molar refractivity (Wildman–Crippen MR) is 122 cm³/mol. The SMILES string of the molecule is CNN1CCC(N2C(=O)N(C)Cc3cnc4ccc(-c5ccc(OC)nc5)nc4c32)CC1. The van der Waals surface area contributed by atoms with E-state index in [4.69, 9.17) is 9.72 Å². The van der Waals surface area contributed by atoms with E-state index in [0.29, 0.717) is 12.4 Å². The van der Waals surface area contributed by atoms with E-state index in [1.54, 1.807) is 18.2 Å². The standard InChI is InChI=1S/C23H27N7O2/c1-24-29-10-8-17(9-11-29)30-22-16(14-28(2)23(30)31)13-25-19-6-5-18(27-21(19)22)15-4-7-20(32-3)26-12-15/h4-7,12-13,17,24H,8-11,14H2,1-3H3. The molecular formula is C23H27N7O2. The van der Waals surface area contributed by atoms with E-state index in [0.717, 1.165) is 59.5 Å². The largest absolute Gasteiger partial charge is 0.481 e. The van der Waals surface area contributed by atoms with Gasteiger partial charge in [-0.3, -0.25) is 15.3 Å². The molecule has 2 aliphatic heterocycles. The maximum atomic E-state index is 13.4. The fourth-order valence-corrected chi connectivity index (χ4v) is 4.58. The quantitative estimate of drug-likeness (QED) is 0.677. The van der Waals surface area contributed by atoms with Crippen LogP contribution in [0, 0.1) is 0 Å². The number of fused-ring (bicyclic) bond motifs is 3. The predicted octanol–water partition coefficient (Wildman–Crippen LogP) is 2.67. The fraction of sp³-hybridized carbons (Fsp3) is 0.391. The average molecular weight is 434 g/mol. The molecule has 2 aliphatic rings. The van der Waals surface area contributed by atoms with Gasteiger partial charge in [0.05, 0.1) is 30.6 Å². The molecule has 0 radical (unpaired) electrons. The van der Waals surface area contributed by atoms with Crippen LogP contribution in [-0.2, 0) is 6.54 Å². The van der Waals surface area contributed by atoms with Gasteiger partial charge in [0.2, 0.25) is 5.88 Å². The normalized spacial score (nSPS) is 17.7. The van der Waals surface area contributed by atoms with Gasteiger partial charge in [-0.2, -0.15) is 0 Å². The summed E-state index contributed by atoms with van der Waals surface area (Å²) in [6.45, 7) is 2.31. The highest BCUT2D eigenvalue weighted by molar-refractivity contribution is 6.04. The molecule has 9 nitrogen and oxygen atoms in total. The molecule has 3 aromatic heterocycles. The third kappa shape index (κ3) is 3.53. The van der Waals surface area contributed by atoms with Crippen molar-refractivity contribution < 1.29 is 9.53 Å². The smallest absolute Gasteiger partial charge is 0.324 e. The van der Waals surface area contributed by atoms with Crippen molar-refractivity contribution in [1.82, 2.24) is 30.3 Å². The third-order valence-electron chi connectivity index (χ3n) is 6.33. The topological polar surface area (TPSA) is 86.7 Å². The summed E-state index contributed by atoms with van der Waals surface area (Å²) < 4.78 is 5.17. The number of carbonyl (C=O) groups is 1. The minimum Gasteiger partial charge on any atom is -0.481 e. The van der Waals surface area contributed by atoms with E-state index in [1.807, 2.05) is 49.5 Å². The Kier molecular flexibility index (Phi) is 5.36. The van der Waals surface area contributed by atoms with Crippen molar-refractivity contribution in [2.24, 2.45) is 0 Å². The number of aromatic nitrogens is 3. The number of carbonyl (C=O) groups excluding carboxylic acids is 1. The Hall–Kier alpha value is -3.30. The van der Waals surface area contributed by atoms with Crippen molar-refractivity contribution >= 4 is 22.8 Å². The average Bonchev–Trinajstić information content (AvgIpc) is 2.84. The second-order valence-electron chi connectivity index (χ2n) is 8.24. The number of hydrazine groups is 1. The van der Waals surface area contributed by atoms with Crippen LogP contribution in [0.2, 0.25) is 0 Å². The van der Waals surface area contributed by atoms with Gasteiger partial charge in [-0.25, -0.2) is 19.8 Å². The van der Waals surface area contributed by atoms with E-state index in [9.17, 15) is 4.79 Å². The molecule has 0 bridgehead atoms. The summed E-state index contributed by atoms with van der Waals surface area (Å²) in [6, 6.07) is 7.80. The zero-order valence-electron chi connectivity index (χ0n) is 18.6. The number of rotatable bonds is 4. The first kappa shape index (κ1) is 20.6. The number of nitrogens with zero attached hydrogens (tertiary/aromatic N) is 6. The van der Waals surface area contributed by atoms with Gasteiger partial charge in [0, 0.05) is 55.8 Å². The van der Waals surface area contributed by atoms with Crippen molar-refractivity contribution in [1.29, 1.82) is 0 Å². The van der Waals surface area contributed by atoms with Crippen LogP contribution in [0.25, 0.3) is 22.3 Å². The molecule has 0 unspecified atom stereocenters. The highest BCUT2D eigenvalue weighted by Crippen LogP contribution is 2.37. The molecule has 0 atom stereocenters. The molecule has 0 aromatic carbocycles. The van der Waals surface area contributed by atoms with E-state index >= 15 is 0 Å².